The molecule has 0 saturated heterocycles. The van der Waals surface area contributed by atoms with E-state index in [1.54, 1.807) is 0 Å². The number of nitrogens with two attached hydrogens (primary N) is 1. The van der Waals surface area contributed by atoms with Gasteiger partial charge in [-0.05, 0) is 12.8 Å². The van der Waals surface area contributed by atoms with Gasteiger partial charge >= 0.3 is 0 Å². The highest BCUT2D eigenvalue weighted by molar-refractivity contribution is 5.53. The van der Waals surface area contributed by atoms with E-state index < -0.39 is 5.54 Å². The number of benzene rings is 1. The first-order valence-electron chi connectivity index (χ1n) is 5.88. The molecule has 1 heterocycles. The summed E-state index contributed by atoms with van der Waals surface area (Å²) < 4.78 is 5.28. The van der Waals surface area contributed by atoms with E-state index in [9.17, 15) is 0 Å². The summed E-state index contributed by atoms with van der Waals surface area (Å²) in [5.41, 5.74) is 6.64. The molecule has 4 nitrogen and oxygen atoms in total. The van der Waals surface area contributed by atoms with E-state index in [1.165, 1.54) is 0 Å². The molecule has 0 fully saturated rings. The van der Waals surface area contributed by atoms with Crippen LogP contribution in [0.5, 0.6) is 0 Å². The maximum absolute atomic E-state index is 6.21. The molecule has 17 heavy (non-hydrogen) atoms. The molecule has 0 atom stereocenters. The molecule has 4 heteroatoms. The van der Waals surface area contributed by atoms with Crippen LogP contribution in [0.4, 0.5) is 0 Å². The van der Waals surface area contributed by atoms with Crippen LogP contribution in [0.25, 0.3) is 11.4 Å². The third-order valence-electron chi connectivity index (χ3n) is 3.15. The van der Waals surface area contributed by atoms with Crippen molar-refractivity contribution in [2.45, 2.75) is 32.2 Å². The van der Waals surface area contributed by atoms with Crippen molar-refractivity contribution in [2.75, 3.05) is 0 Å². The zero-order chi connectivity index (χ0) is 12.3. The fourth-order valence-corrected chi connectivity index (χ4v) is 1.68. The second kappa shape index (κ2) is 4.67. The van der Waals surface area contributed by atoms with Crippen molar-refractivity contribution in [3.8, 4) is 11.4 Å². The van der Waals surface area contributed by atoms with Gasteiger partial charge in [-0.3, -0.25) is 0 Å². The van der Waals surface area contributed by atoms with E-state index in [0.717, 1.165) is 18.4 Å². The minimum atomic E-state index is -0.514. The summed E-state index contributed by atoms with van der Waals surface area (Å²) in [6.45, 7) is 4.05. The molecule has 1 aromatic carbocycles. The SMILES string of the molecule is CCC(N)(CC)c1nc(-c2ccccc2)no1. The average molecular weight is 231 g/mol. The van der Waals surface area contributed by atoms with Crippen molar-refractivity contribution in [3.63, 3.8) is 0 Å². The first-order valence-corrected chi connectivity index (χ1v) is 5.88. The van der Waals surface area contributed by atoms with Gasteiger partial charge in [0.15, 0.2) is 0 Å². The van der Waals surface area contributed by atoms with Crippen LogP contribution in [0.3, 0.4) is 0 Å². The Morgan fingerprint density at radius 3 is 2.41 bits per heavy atom. The molecule has 1 aromatic heterocycles. The highest BCUT2D eigenvalue weighted by Crippen LogP contribution is 2.26. The average Bonchev–Trinajstić information content (AvgIpc) is 2.89. The summed E-state index contributed by atoms with van der Waals surface area (Å²) in [6, 6.07) is 9.74. The lowest BCUT2D eigenvalue weighted by Crippen LogP contribution is -2.35. The minimum Gasteiger partial charge on any atom is -0.337 e. The fourth-order valence-electron chi connectivity index (χ4n) is 1.68. The van der Waals surface area contributed by atoms with Crippen molar-refractivity contribution in [2.24, 2.45) is 5.73 Å². The van der Waals surface area contributed by atoms with Gasteiger partial charge < -0.3 is 10.3 Å². The molecule has 2 N–H and O–H groups in total. The second-order valence-corrected chi connectivity index (χ2v) is 4.15. The van der Waals surface area contributed by atoms with Crippen LogP contribution in [0.2, 0.25) is 0 Å². The van der Waals surface area contributed by atoms with E-state index >= 15 is 0 Å². The van der Waals surface area contributed by atoms with Crippen molar-refractivity contribution >= 4 is 0 Å². The number of hydrogen-bond acceptors (Lipinski definition) is 4. The highest BCUT2D eigenvalue weighted by Gasteiger charge is 2.29. The van der Waals surface area contributed by atoms with Crippen molar-refractivity contribution < 1.29 is 4.52 Å². The third-order valence-corrected chi connectivity index (χ3v) is 3.15. The lowest BCUT2D eigenvalue weighted by Gasteiger charge is -2.20. The van der Waals surface area contributed by atoms with Gasteiger partial charge in [0.25, 0.3) is 0 Å². The maximum atomic E-state index is 6.21. The molecule has 2 rings (SSSR count). The van der Waals surface area contributed by atoms with E-state index in [2.05, 4.69) is 10.1 Å². The van der Waals surface area contributed by atoms with Gasteiger partial charge in [-0.25, -0.2) is 0 Å². The lowest BCUT2D eigenvalue weighted by molar-refractivity contribution is 0.268. The number of rotatable bonds is 4. The molecule has 0 radical (unpaired) electrons. The van der Waals surface area contributed by atoms with E-state index in [0.29, 0.717) is 11.7 Å². The molecule has 0 aliphatic rings. The molecule has 0 spiro atoms. The van der Waals surface area contributed by atoms with Gasteiger partial charge in [-0.2, -0.15) is 4.98 Å². The van der Waals surface area contributed by atoms with Gasteiger partial charge in [-0.1, -0.05) is 49.3 Å². The smallest absolute Gasteiger partial charge is 0.247 e. The Kier molecular flexibility index (Phi) is 3.24. The van der Waals surface area contributed by atoms with Crippen LogP contribution in [0.1, 0.15) is 32.6 Å². The molecule has 0 bridgehead atoms. The predicted octanol–water partition coefficient (Wildman–Crippen LogP) is 2.71. The first-order chi connectivity index (χ1) is 8.19. The molecular weight excluding hydrogens is 214 g/mol. The Labute approximate surface area is 101 Å². The molecule has 0 aliphatic carbocycles. The number of nitrogens with zero attached hydrogens (tertiary/aromatic N) is 2. The van der Waals surface area contributed by atoms with Gasteiger partial charge in [0, 0.05) is 5.56 Å². The van der Waals surface area contributed by atoms with E-state index in [1.807, 2.05) is 44.2 Å². The summed E-state index contributed by atoms with van der Waals surface area (Å²) in [4.78, 5) is 4.39. The molecule has 0 amide bonds. The molecule has 0 unspecified atom stereocenters. The summed E-state index contributed by atoms with van der Waals surface area (Å²) in [7, 11) is 0. The van der Waals surface area contributed by atoms with Crippen molar-refractivity contribution in [3.05, 3.63) is 36.2 Å². The summed E-state index contributed by atoms with van der Waals surface area (Å²) in [5.74, 6) is 1.11. The first kappa shape index (κ1) is 11.8. The molecule has 2 aromatic rings. The van der Waals surface area contributed by atoms with Crippen LogP contribution in [0, 0.1) is 0 Å². The Morgan fingerprint density at radius 2 is 1.82 bits per heavy atom. The van der Waals surface area contributed by atoms with Crippen molar-refractivity contribution in [1.82, 2.24) is 10.1 Å². The van der Waals surface area contributed by atoms with Gasteiger partial charge in [0.2, 0.25) is 11.7 Å². The largest absolute Gasteiger partial charge is 0.337 e. The minimum absolute atomic E-state index is 0.514. The van der Waals surface area contributed by atoms with Crippen LogP contribution in [-0.2, 0) is 5.54 Å². The Hall–Kier alpha value is -1.68. The quantitative estimate of drug-likeness (QED) is 0.878. The number of hydrogen-bond donors (Lipinski definition) is 1. The zero-order valence-electron chi connectivity index (χ0n) is 10.2. The fraction of sp³-hybridized carbons (Fsp3) is 0.385. The molecule has 0 aliphatic heterocycles. The van der Waals surface area contributed by atoms with Gasteiger partial charge in [0.1, 0.15) is 0 Å². The third kappa shape index (κ3) is 2.22. The lowest BCUT2D eigenvalue weighted by atomic mass is 9.94. The Bertz CT molecular complexity index is 474. The van der Waals surface area contributed by atoms with Crippen LogP contribution >= 0.6 is 0 Å². The highest BCUT2D eigenvalue weighted by atomic mass is 16.5. The van der Waals surface area contributed by atoms with Crippen LogP contribution < -0.4 is 5.73 Å². The Balaban J connectivity index is 2.34. The summed E-state index contributed by atoms with van der Waals surface area (Å²) in [6.07, 6.45) is 1.56. The summed E-state index contributed by atoms with van der Waals surface area (Å²) in [5, 5.41) is 3.98. The monoisotopic (exact) mass is 231 g/mol. The van der Waals surface area contributed by atoms with E-state index in [-0.39, 0.29) is 0 Å². The summed E-state index contributed by atoms with van der Waals surface area (Å²) >= 11 is 0. The number of aromatic nitrogens is 2. The standard InChI is InChI=1S/C13H17N3O/c1-3-13(14,4-2)12-15-11(16-17-12)10-8-6-5-7-9-10/h5-9H,3-4,14H2,1-2H3. The molecular formula is C13H17N3O. The molecule has 0 saturated carbocycles. The van der Waals surface area contributed by atoms with E-state index in [4.69, 9.17) is 10.3 Å². The van der Waals surface area contributed by atoms with Crippen LogP contribution in [-0.4, -0.2) is 10.1 Å². The maximum Gasteiger partial charge on any atom is 0.247 e. The van der Waals surface area contributed by atoms with Gasteiger partial charge in [0.05, 0.1) is 5.54 Å². The molecule has 90 valence electrons. The van der Waals surface area contributed by atoms with Gasteiger partial charge in [-0.15, -0.1) is 0 Å². The zero-order valence-corrected chi connectivity index (χ0v) is 10.2. The Morgan fingerprint density at radius 1 is 1.18 bits per heavy atom. The predicted molar refractivity (Wildman–Crippen MR) is 66.2 cm³/mol. The normalized spacial score (nSPS) is 11.7. The van der Waals surface area contributed by atoms with Crippen LogP contribution in [0.15, 0.2) is 34.9 Å². The second-order valence-electron chi connectivity index (χ2n) is 4.15. The van der Waals surface area contributed by atoms with Crippen molar-refractivity contribution in [1.29, 1.82) is 0 Å². The topological polar surface area (TPSA) is 64.9 Å².